The van der Waals surface area contributed by atoms with Gasteiger partial charge in [0.1, 0.15) is 0 Å². The van der Waals surface area contributed by atoms with Gasteiger partial charge in [-0.3, -0.25) is 14.4 Å². The van der Waals surface area contributed by atoms with Crippen molar-refractivity contribution in [3.63, 3.8) is 0 Å². The maximum absolute atomic E-state index is 13.8. The number of hydrogen-bond acceptors (Lipinski definition) is 5. The van der Waals surface area contributed by atoms with E-state index in [-0.39, 0.29) is 19.6 Å². The van der Waals surface area contributed by atoms with Crippen molar-refractivity contribution in [3.05, 3.63) is 71.8 Å². The van der Waals surface area contributed by atoms with Crippen molar-refractivity contribution in [3.8, 4) is 0 Å². The van der Waals surface area contributed by atoms with Crippen molar-refractivity contribution in [2.45, 2.75) is 52.9 Å². The Bertz CT molecular complexity index is 928. The van der Waals surface area contributed by atoms with Crippen LogP contribution in [0.5, 0.6) is 0 Å². The summed E-state index contributed by atoms with van der Waals surface area (Å²) in [7, 11) is 0. The Morgan fingerprint density at radius 1 is 0.788 bits per heavy atom. The third kappa shape index (κ3) is 4.95. The molecule has 0 fully saturated rings. The van der Waals surface area contributed by atoms with Gasteiger partial charge in [0.05, 0.1) is 19.6 Å². The van der Waals surface area contributed by atoms with Gasteiger partial charge in [0, 0.05) is 5.41 Å². The van der Waals surface area contributed by atoms with Crippen LogP contribution in [0.2, 0.25) is 0 Å². The molecule has 2 aromatic rings. The maximum Gasteiger partial charge on any atom is 0.325 e. The number of rotatable bonds is 10. The van der Waals surface area contributed by atoms with E-state index in [9.17, 15) is 19.5 Å². The van der Waals surface area contributed by atoms with Crippen LogP contribution >= 0.6 is 0 Å². The summed E-state index contributed by atoms with van der Waals surface area (Å²) >= 11 is 0. The van der Waals surface area contributed by atoms with E-state index in [4.69, 9.17) is 9.47 Å². The van der Waals surface area contributed by atoms with E-state index >= 15 is 0 Å². The molecule has 0 aromatic heterocycles. The molecular weight excluding hydrogens is 420 g/mol. The summed E-state index contributed by atoms with van der Waals surface area (Å²) in [5, 5.41) is 10.0. The molecule has 178 valence electrons. The second kappa shape index (κ2) is 10.6. The van der Waals surface area contributed by atoms with Crippen molar-refractivity contribution in [2.75, 3.05) is 13.2 Å². The van der Waals surface area contributed by atoms with E-state index in [0.29, 0.717) is 5.56 Å². The fourth-order valence-electron chi connectivity index (χ4n) is 4.92. The minimum absolute atomic E-state index is 0.0000428. The highest BCUT2D eigenvalue weighted by atomic mass is 16.6. The molecule has 0 aliphatic heterocycles. The normalized spacial score (nSPS) is 13.6. The van der Waals surface area contributed by atoms with Gasteiger partial charge < -0.3 is 14.6 Å². The third-order valence-electron chi connectivity index (χ3n) is 6.25. The van der Waals surface area contributed by atoms with E-state index in [2.05, 4.69) is 0 Å². The number of benzene rings is 2. The molecule has 6 nitrogen and oxygen atoms in total. The molecule has 1 unspecified atom stereocenters. The number of carboxylic acids is 1. The third-order valence-corrected chi connectivity index (χ3v) is 6.25. The van der Waals surface area contributed by atoms with E-state index in [1.54, 1.807) is 13.8 Å². The zero-order valence-corrected chi connectivity index (χ0v) is 20.1. The number of ether oxygens (including phenoxy) is 2. The molecule has 0 saturated heterocycles. The van der Waals surface area contributed by atoms with E-state index in [0.717, 1.165) is 5.56 Å². The lowest BCUT2D eigenvalue weighted by atomic mass is 9.46. The van der Waals surface area contributed by atoms with E-state index < -0.39 is 40.6 Å². The van der Waals surface area contributed by atoms with Crippen LogP contribution < -0.4 is 0 Å². The minimum atomic E-state index is -2.12. The molecule has 0 aliphatic carbocycles. The highest BCUT2D eigenvalue weighted by Gasteiger charge is 2.69. The van der Waals surface area contributed by atoms with Gasteiger partial charge in [0.2, 0.25) is 0 Å². The van der Waals surface area contributed by atoms with Crippen molar-refractivity contribution in [1.29, 1.82) is 0 Å². The van der Waals surface area contributed by atoms with Gasteiger partial charge >= 0.3 is 17.9 Å². The predicted octanol–water partition coefficient (Wildman–Crippen LogP) is 4.80. The molecule has 0 spiro atoms. The Balaban J connectivity index is 3.08. The van der Waals surface area contributed by atoms with Crippen LogP contribution in [0.3, 0.4) is 0 Å². The monoisotopic (exact) mass is 454 g/mol. The second-order valence-corrected chi connectivity index (χ2v) is 9.10. The molecular formula is C27H34O6. The zero-order valence-electron chi connectivity index (χ0n) is 20.1. The molecule has 0 aliphatic rings. The topological polar surface area (TPSA) is 89.9 Å². The summed E-state index contributed by atoms with van der Waals surface area (Å²) in [5.41, 5.74) is -2.66. The Morgan fingerprint density at radius 2 is 1.24 bits per heavy atom. The molecule has 0 heterocycles. The summed E-state index contributed by atoms with van der Waals surface area (Å²) in [6.07, 6.45) is -0.532. The molecule has 0 saturated carbocycles. The largest absolute Gasteiger partial charge is 0.481 e. The Hall–Kier alpha value is -3.15. The number of carbonyl (C=O) groups is 3. The molecule has 1 atom stereocenters. The molecule has 1 N–H and O–H groups in total. The average molecular weight is 455 g/mol. The number of hydrogen-bond donors (Lipinski definition) is 1. The lowest BCUT2D eigenvalue weighted by Crippen LogP contribution is -2.64. The first-order chi connectivity index (χ1) is 15.6. The second-order valence-electron chi connectivity index (χ2n) is 9.10. The first-order valence-electron chi connectivity index (χ1n) is 11.2. The summed E-state index contributed by atoms with van der Waals surface area (Å²) in [6, 6.07) is 18.6. The zero-order chi connectivity index (χ0) is 24.7. The number of carbonyl (C=O) groups excluding carboxylic acids is 2. The van der Waals surface area contributed by atoms with Crippen LogP contribution in [0.15, 0.2) is 60.7 Å². The van der Waals surface area contributed by atoms with Gasteiger partial charge in [-0.2, -0.15) is 0 Å². The number of carboxylic acid groups (broad SMARTS) is 1. The van der Waals surface area contributed by atoms with E-state index in [1.165, 1.54) is 0 Å². The van der Waals surface area contributed by atoms with Crippen molar-refractivity contribution in [2.24, 2.45) is 10.8 Å². The van der Waals surface area contributed by atoms with Crippen LogP contribution in [-0.2, 0) is 35.7 Å². The number of esters is 2. The fraction of sp³-hybridized carbons (Fsp3) is 0.444. The van der Waals surface area contributed by atoms with Gasteiger partial charge in [0.25, 0.3) is 0 Å². The molecule has 2 aromatic carbocycles. The fourth-order valence-corrected chi connectivity index (χ4v) is 4.92. The summed E-state index contributed by atoms with van der Waals surface area (Å²) in [6.45, 7) is 9.01. The number of aliphatic carboxylic acids is 1. The van der Waals surface area contributed by atoms with Crippen molar-refractivity contribution >= 4 is 17.9 Å². The minimum Gasteiger partial charge on any atom is -0.481 e. The standard InChI is InChI=1S/C27H34O6/c1-6-32-23(30)26(19-22(28)29,24(31)33-7-2)27(25(3,4)5,21-16-12-9-13-17-21)18-20-14-10-8-11-15-20/h8-17H,6-7,18-19H2,1-5H3,(H,28,29). The molecule has 0 radical (unpaired) electrons. The van der Waals surface area contributed by atoms with Gasteiger partial charge in [0.15, 0.2) is 5.41 Å². The maximum atomic E-state index is 13.8. The van der Waals surface area contributed by atoms with Crippen molar-refractivity contribution in [1.82, 2.24) is 0 Å². The quantitative estimate of drug-likeness (QED) is 0.410. The van der Waals surface area contributed by atoms with Crippen molar-refractivity contribution < 1.29 is 29.0 Å². The summed E-state index contributed by atoms with van der Waals surface area (Å²) < 4.78 is 10.9. The smallest absolute Gasteiger partial charge is 0.325 e. The first kappa shape index (κ1) is 26.1. The Morgan fingerprint density at radius 3 is 1.64 bits per heavy atom. The summed E-state index contributed by atoms with van der Waals surface area (Å²) in [4.78, 5) is 39.8. The van der Waals surface area contributed by atoms with Crippen LogP contribution in [-0.4, -0.2) is 36.2 Å². The predicted molar refractivity (Wildman–Crippen MR) is 126 cm³/mol. The van der Waals surface area contributed by atoms with Gasteiger partial charge in [-0.1, -0.05) is 81.4 Å². The van der Waals surface area contributed by atoms with Gasteiger partial charge in [-0.05, 0) is 36.8 Å². The van der Waals surface area contributed by atoms with Gasteiger partial charge in [-0.25, -0.2) is 0 Å². The molecule has 0 amide bonds. The lowest BCUT2D eigenvalue weighted by molar-refractivity contribution is -0.188. The van der Waals surface area contributed by atoms with Crippen LogP contribution in [0.4, 0.5) is 0 Å². The first-order valence-corrected chi connectivity index (χ1v) is 11.2. The highest BCUT2D eigenvalue weighted by molar-refractivity contribution is 6.05. The Labute approximate surface area is 195 Å². The molecule has 0 bridgehead atoms. The van der Waals surface area contributed by atoms with Crippen LogP contribution in [0.25, 0.3) is 0 Å². The SMILES string of the molecule is CCOC(=O)C(CC(=O)O)(C(=O)OCC)C(Cc1ccccc1)(c1ccccc1)C(C)(C)C. The summed E-state index contributed by atoms with van der Waals surface area (Å²) in [5.74, 6) is -3.06. The average Bonchev–Trinajstić information content (AvgIpc) is 2.76. The van der Waals surface area contributed by atoms with E-state index in [1.807, 2.05) is 81.4 Å². The molecule has 2 rings (SSSR count). The Kier molecular flexibility index (Phi) is 8.42. The molecule has 6 heteroatoms. The van der Waals surface area contributed by atoms with Gasteiger partial charge in [-0.15, -0.1) is 0 Å². The lowest BCUT2D eigenvalue weighted by Gasteiger charge is -2.54. The molecule has 33 heavy (non-hydrogen) atoms. The van der Waals surface area contributed by atoms with Crippen LogP contribution in [0.1, 0.15) is 52.2 Å². The van der Waals surface area contributed by atoms with Crippen LogP contribution in [0, 0.1) is 10.8 Å². The highest BCUT2D eigenvalue weighted by Crippen LogP contribution is 2.58.